The van der Waals surface area contributed by atoms with E-state index in [9.17, 15) is 14.8 Å². The quantitative estimate of drug-likeness (QED) is 0.324. The highest BCUT2D eigenvalue weighted by Gasteiger charge is 2.75. The van der Waals surface area contributed by atoms with Crippen molar-refractivity contribution in [3.63, 3.8) is 0 Å². The molecule has 0 aromatic carbocycles. The van der Waals surface area contributed by atoms with Crippen LogP contribution in [0.5, 0.6) is 0 Å². The number of fused-ring (bicyclic) bond motifs is 7. The Morgan fingerprint density at radius 3 is 2.17 bits per heavy atom. The zero-order valence-corrected chi connectivity index (χ0v) is 23.6. The first-order valence-electron chi connectivity index (χ1n) is 14.5. The highest BCUT2D eigenvalue weighted by molar-refractivity contribution is 5.81. The van der Waals surface area contributed by atoms with Crippen LogP contribution in [0.4, 0.5) is 0 Å². The Morgan fingerprint density at radius 1 is 0.914 bits per heavy atom. The van der Waals surface area contributed by atoms with Crippen LogP contribution in [-0.4, -0.2) is 16.6 Å². The van der Waals surface area contributed by atoms with Crippen molar-refractivity contribution < 1.29 is 9.90 Å². The van der Waals surface area contributed by atoms with E-state index in [2.05, 4.69) is 60.6 Å². The predicted octanol–water partition coefficient (Wildman–Crippen LogP) is 8.40. The summed E-state index contributed by atoms with van der Waals surface area (Å²) in [7, 11) is 0. The molecular formula is C31H49NO3. The van der Waals surface area contributed by atoms with E-state index in [0.717, 1.165) is 64.2 Å². The normalized spacial score (nSPS) is 50.7. The first kappa shape index (κ1) is 25.5. The van der Waals surface area contributed by atoms with Crippen LogP contribution in [0.15, 0.2) is 16.3 Å². The van der Waals surface area contributed by atoms with Crippen molar-refractivity contribution in [3.8, 4) is 0 Å². The van der Waals surface area contributed by atoms with Gasteiger partial charge in [0, 0.05) is 5.41 Å². The monoisotopic (exact) mass is 483 g/mol. The summed E-state index contributed by atoms with van der Waals surface area (Å²) in [5, 5.41) is 14.7. The molecule has 0 bridgehead atoms. The molecule has 0 amide bonds. The van der Waals surface area contributed by atoms with E-state index in [0.29, 0.717) is 23.7 Å². The summed E-state index contributed by atoms with van der Waals surface area (Å²) >= 11 is 0. The van der Waals surface area contributed by atoms with Gasteiger partial charge in [-0.15, -0.1) is 0 Å². The summed E-state index contributed by atoms with van der Waals surface area (Å²) < 4.78 is 0. The number of nitrogens with zero attached hydrogens (tertiary/aromatic N) is 1. The maximum absolute atomic E-state index is 12.9. The van der Waals surface area contributed by atoms with Gasteiger partial charge >= 0.3 is 5.97 Å². The van der Waals surface area contributed by atoms with Crippen molar-refractivity contribution >= 4 is 5.97 Å². The van der Waals surface area contributed by atoms with E-state index < -0.39 is 16.9 Å². The van der Waals surface area contributed by atoms with Crippen LogP contribution in [0.3, 0.4) is 0 Å². The fourth-order valence-electron chi connectivity index (χ4n) is 11.4. The predicted molar refractivity (Wildman–Crippen MR) is 141 cm³/mol. The molecule has 35 heavy (non-hydrogen) atoms. The Bertz CT molecular complexity index is 982. The number of allylic oxidation sites excluding steroid dienone is 1. The summed E-state index contributed by atoms with van der Waals surface area (Å²) in [6, 6.07) is 0. The fraction of sp³-hybridized carbons (Fsp3) is 0.903. The third kappa shape index (κ3) is 2.68. The van der Waals surface area contributed by atoms with Gasteiger partial charge in [-0.25, -0.2) is 0 Å². The maximum atomic E-state index is 12.9. The van der Waals surface area contributed by atoms with Crippen LogP contribution >= 0.6 is 0 Å². The molecule has 0 aromatic heterocycles. The van der Waals surface area contributed by atoms with Crippen molar-refractivity contribution in [3.05, 3.63) is 16.1 Å². The minimum Gasteiger partial charge on any atom is -0.481 e. The molecule has 5 rings (SSSR count). The number of hydrogen-bond acceptors (Lipinski definition) is 3. The molecule has 0 heterocycles. The zero-order valence-electron chi connectivity index (χ0n) is 23.6. The lowest BCUT2D eigenvalue weighted by Gasteiger charge is -2.74. The standard InChI is InChI=1S/C31H49NO3/c1-19(2)21-12-14-30(25(33)34)17-15-27(6)22(24(21)30)9-10-23-28(27,7)16-18-31(32-35)26(4,5)13-11-20(3)29(23,31)8/h19-20,22-23H,9-18H2,1-8H3,(H,33,34)/t20?,22-,23+,27-,28-,29-,30+,31?/m1/s1. The Kier molecular flexibility index (Phi) is 5.41. The molecule has 0 saturated heterocycles. The second-order valence-electron chi connectivity index (χ2n) is 15.1. The van der Waals surface area contributed by atoms with Crippen molar-refractivity contribution in [2.75, 3.05) is 0 Å². The van der Waals surface area contributed by atoms with Gasteiger partial charge in [0.15, 0.2) is 0 Å². The molecule has 0 spiro atoms. The van der Waals surface area contributed by atoms with Crippen LogP contribution in [0, 0.1) is 55.7 Å². The molecule has 4 nitrogen and oxygen atoms in total. The van der Waals surface area contributed by atoms with Gasteiger partial charge in [-0.2, -0.15) is 4.91 Å². The average molecular weight is 484 g/mol. The molecule has 196 valence electrons. The lowest BCUT2D eigenvalue weighted by Crippen LogP contribution is -2.72. The largest absolute Gasteiger partial charge is 0.481 e. The fourth-order valence-corrected chi connectivity index (χ4v) is 11.4. The van der Waals surface area contributed by atoms with E-state index in [1.165, 1.54) is 11.1 Å². The second-order valence-corrected chi connectivity index (χ2v) is 15.1. The van der Waals surface area contributed by atoms with Crippen molar-refractivity contribution in [2.45, 2.75) is 125 Å². The first-order chi connectivity index (χ1) is 16.2. The van der Waals surface area contributed by atoms with Gasteiger partial charge in [0.05, 0.1) is 5.41 Å². The molecule has 1 N–H and O–H groups in total. The minimum atomic E-state index is -0.639. The van der Waals surface area contributed by atoms with Gasteiger partial charge in [-0.1, -0.05) is 66.1 Å². The molecule has 4 fully saturated rings. The molecule has 2 unspecified atom stereocenters. The molecule has 0 aliphatic heterocycles. The van der Waals surface area contributed by atoms with Crippen molar-refractivity contribution in [2.24, 2.45) is 55.9 Å². The Hall–Kier alpha value is -1.19. The van der Waals surface area contributed by atoms with Crippen LogP contribution in [-0.2, 0) is 4.79 Å². The number of hydrogen-bond donors (Lipinski definition) is 1. The maximum Gasteiger partial charge on any atom is 0.313 e. The topological polar surface area (TPSA) is 66.7 Å². The summed E-state index contributed by atoms with van der Waals surface area (Å²) in [5.74, 6) is 1.09. The van der Waals surface area contributed by atoms with Gasteiger partial charge in [0.1, 0.15) is 5.54 Å². The summed E-state index contributed by atoms with van der Waals surface area (Å²) in [6.45, 7) is 19.0. The van der Waals surface area contributed by atoms with Gasteiger partial charge in [-0.3, -0.25) is 4.79 Å². The Labute approximate surface area is 213 Å². The number of carboxylic acid groups (broad SMARTS) is 1. The van der Waals surface area contributed by atoms with Gasteiger partial charge < -0.3 is 5.11 Å². The summed E-state index contributed by atoms with van der Waals surface area (Å²) in [5.41, 5.74) is 1.57. The molecule has 4 heteroatoms. The smallest absolute Gasteiger partial charge is 0.313 e. The van der Waals surface area contributed by atoms with Gasteiger partial charge in [0.25, 0.3) is 0 Å². The number of carboxylic acids is 1. The van der Waals surface area contributed by atoms with E-state index in [4.69, 9.17) is 0 Å². The van der Waals surface area contributed by atoms with Crippen LogP contribution in [0.25, 0.3) is 0 Å². The highest BCUT2D eigenvalue weighted by atomic mass is 16.4. The molecule has 0 radical (unpaired) electrons. The second kappa shape index (κ2) is 7.44. The Balaban J connectivity index is 1.66. The number of aliphatic carboxylic acids is 1. The summed E-state index contributed by atoms with van der Waals surface area (Å²) in [6.07, 6.45) is 9.81. The SMILES string of the molecule is CC(C)C1=C2[C@H]3CC[C@@H]4[C@@]5(C)C(C)CCC(C)(C)C5(N=O)CC[C@@]4(C)[C@]3(C)CC[C@@]2(C(=O)O)CC1. The van der Waals surface area contributed by atoms with E-state index in [-0.39, 0.29) is 21.7 Å². The van der Waals surface area contributed by atoms with Crippen molar-refractivity contribution in [1.29, 1.82) is 0 Å². The third-order valence-corrected chi connectivity index (χ3v) is 13.9. The number of nitroso groups, excluding NO2 is 1. The molecule has 0 aromatic rings. The Morgan fingerprint density at radius 2 is 1.57 bits per heavy atom. The highest BCUT2D eigenvalue weighted by Crippen LogP contribution is 2.78. The molecule has 5 aliphatic carbocycles. The third-order valence-electron chi connectivity index (χ3n) is 13.9. The molecule has 4 saturated carbocycles. The number of carbonyl (C=O) groups is 1. The van der Waals surface area contributed by atoms with Crippen molar-refractivity contribution in [1.82, 2.24) is 0 Å². The van der Waals surface area contributed by atoms with Crippen LogP contribution in [0.1, 0.15) is 120 Å². The zero-order chi connectivity index (χ0) is 25.8. The average Bonchev–Trinajstić information content (AvgIpc) is 3.19. The first-order valence-corrected chi connectivity index (χ1v) is 14.5. The molecule has 8 atom stereocenters. The lowest BCUT2D eigenvalue weighted by molar-refractivity contribution is -0.236. The van der Waals surface area contributed by atoms with Gasteiger partial charge in [0.2, 0.25) is 0 Å². The molecular weight excluding hydrogens is 434 g/mol. The minimum absolute atomic E-state index is 0.0635. The summed E-state index contributed by atoms with van der Waals surface area (Å²) in [4.78, 5) is 25.7. The van der Waals surface area contributed by atoms with E-state index in [1.54, 1.807) is 0 Å². The van der Waals surface area contributed by atoms with E-state index in [1.807, 2.05) is 0 Å². The van der Waals surface area contributed by atoms with Gasteiger partial charge in [-0.05, 0) is 110 Å². The lowest BCUT2D eigenvalue weighted by atomic mass is 9.30. The van der Waals surface area contributed by atoms with Crippen LogP contribution < -0.4 is 0 Å². The molecule has 5 aliphatic rings. The number of rotatable bonds is 3. The van der Waals surface area contributed by atoms with E-state index >= 15 is 0 Å². The van der Waals surface area contributed by atoms with Crippen LogP contribution in [0.2, 0.25) is 0 Å².